The summed E-state index contributed by atoms with van der Waals surface area (Å²) in [5.41, 5.74) is 1.01. The number of carbonyl (C=O) groups is 1. The van der Waals surface area contributed by atoms with Crippen LogP contribution in [-0.2, 0) is 11.3 Å². The molecule has 0 aliphatic rings. The van der Waals surface area contributed by atoms with Crippen molar-refractivity contribution in [3.63, 3.8) is 0 Å². The van der Waals surface area contributed by atoms with E-state index in [1.54, 1.807) is 0 Å². The summed E-state index contributed by atoms with van der Waals surface area (Å²) in [4.78, 5) is 15.6. The first-order chi connectivity index (χ1) is 9.58. The Bertz CT molecular complexity index is 644. The molecule has 1 aromatic carbocycles. The molecule has 0 radical (unpaired) electrons. The second-order valence-corrected chi connectivity index (χ2v) is 5.13. The van der Waals surface area contributed by atoms with Crippen LogP contribution < -0.4 is 5.32 Å². The van der Waals surface area contributed by atoms with Crippen molar-refractivity contribution in [1.82, 2.24) is 20.1 Å². The van der Waals surface area contributed by atoms with Crippen LogP contribution in [-0.4, -0.2) is 20.7 Å². The molecule has 7 heteroatoms. The molecule has 2 aromatic rings. The normalized spacial score (nSPS) is 11.7. The quantitative estimate of drug-likeness (QED) is 0.924. The molecule has 1 heterocycles. The molecule has 1 aromatic heterocycles. The van der Waals surface area contributed by atoms with E-state index in [-0.39, 0.29) is 24.3 Å². The highest BCUT2D eigenvalue weighted by atomic mass is 79.9. The van der Waals surface area contributed by atoms with Crippen LogP contribution in [0, 0.1) is 11.3 Å². The minimum absolute atomic E-state index is 0.0373. The number of benzene rings is 1. The average molecular weight is 334 g/mol. The van der Waals surface area contributed by atoms with Crippen LogP contribution in [0.1, 0.15) is 24.4 Å². The van der Waals surface area contributed by atoms with E-state index in [0.717, 1.165) is 10.0 Å². The minimum Gasteiger partial charge on any atom is -0.348 e. The number of rotatable bonds is 4. The van der Waals surface area contributed by atoms with Crippen LogP contribution in [0.5, 0.6) is 0 Å². The SMILES string of the molecule is C[C@H](NC(=O)Cn1cnc(C#N)n1)c1ccc(Br)cc1. The number of halogens is 1. The zero-order valence-electron chi connectivity index (χ0n) is 10.7. The Morgan fingerprint density at radius 3 is 2.80 bits per heavy atom. The third-order valence-electron chi connectivity index (χ3n) is 2.69. The van der Waals surface area contributed by atoms with Gasteiger partial charge in [0.1, 0.15) is 18.9 Å². The summed E-state index contributed by atoms with van der Waals surface area (Å²) in [6.45, 7) is 1.94. The van der Waals surface area contributed by atoms with Crippen molar-refractivity contribution in [1.29, 1.82) is 5.26 Å². The molecule has 20 heavy (non-hydrogen) atoms. The maximum atomic E-state index is 11.9. The minimum atomic E-state index is -0.185. The highest BCUT2D eigenvalue weighted by molar-refractivity contribution is 9.10. The van der Waals surface area contributed by atoms with Gasteiger partial charge in [0.05, 0.1) is 6.04 Å². The Morgan fingerprint density at radius 1 is 1.50 bits per heavy atom. The van der Waals surface area contributed by atoms with Crippen molar-refractivity contribution in [2.75, 3.05) is 0 Å². The molecular formula is C13H12BrN5O. The zero-order chi connectivity index (χ0) is 14.5. The monoisotopic (exact) mass is 333 g/mol. The van der Waals surface area contributed by atoms with Crippen molar-refractivity contribution >= 4 is 21.8 Å². The number of hydrogen-bond acceptors (Lipinski definition) is 4. The van der Waals surface area contributed by atoms with Crippen molar-refractivity contribution in [3.8, 4) is 6.07 Å². The first-order valence-electron chi connectivity index (χ1n) is 5.93. The lowest BCUT2D eigenvalue weighted by Crippen LogP contribution is -2.30. The Balaban J connectivity index is 1.94. The Hall–Kier alpha value is -2.20. The molecule has 1 atom stereocenters. The molecule has 0 saturated carbocycles. The number of nitrogens with zero attached hydrogens (tertiary/aromatic N) is 4. The molecule has 0 aliphatic heterocycles. The predicted molar refractivity (Wildman–Crippen MR) is 75.4 cm³/mol. The summed E-state index contributed by atoms with van der Waals surface area (Å²) in [5, 5.41) is 15.3. The second kappa shape index (κ2) is 6.30. The van der Waals surface area contributed by atoms with Gasteiger partial charge in [-0.1, -0.05) is 28.1 Å². The Labute approximate surface area is 124 Å². The van der Waals surface area contributed by atoms with Gasteiger partial charge in [-0.15, -0.1) is 5.10 Å². The van der Waals surface area contributed by atoms with Crippen molar-refractivity contribution in [2.24, 2.45) is 0 Å². The summed E-state index contributed by atoms with van der Waals surface area (Å²) in [6, 6.07) is 9.45. The van der Waals surface area contributed by atoms with E-state index in [9.17, 15) is 4.79 Å². The van der Waals surface area contributed by atoms with Crippen LogP contribution in [0.15, 0.2) is 35.1 Å². The second-order valence-electron chi connectivity index (χ2n) is 4.22. The van der Waals surface area contributed by atoms with Crippen LogP contribution in [0.2, 0.25) is 0 Å². The summed E-state index contributed by atoms with van der Waals surface area (Å²) in [5.74, 6) is -0.131. The molecule has 0 unspecified atom stereocenters. The summed E-state index contributed by atoms with van der Waals surface area (Å²) in [6.07, 6.45) is 1.36. The molecule has 0 saturated heterocycles. The van der Waals surface area contributed by atoms with Gasteiger partial charge < -0.3 is 5.32 Å². The van der Waals surface area contributed by atoms with E-state index in [1.165, 1.54) is 11.0 Å². The fourth-order valence-electron chi connectivity index (χ4n) is 1.69. The van der Waals surface area contributed by atoms with E-state index < -0.39 is 0 Å². The first-order valence-corrected chi connectivity index (χ1v) is 6.72. The molecular weight excluding hydrogens is 322 g/mol. The van der Waals surface area contributed by atoms with E-state index >= 15 is 0 Å². The fraction of sp³-hybridized carbons (Fsp3) is 0.231. The molecule has 0 aliphatic carbocycles. The number of nitriles is 1. The van der Waals surface area contributed by atoms with E-state index in [4.69, 9.17) is 5.26 Å². The zero-order valence-corrected chi connectivity index (χ0v) is 12.3. The van der Waals surface area contributed by atoms with Crippen molar-refractivity contribution in [3.05, 3.63) is 46.5 Å². The summed E-state index contributed by atoms with van der Waals surface area (Å²) in [7, 11) is 0. The molecule has 0 fully saturated rings. The van der Waals surface area contributed by atoms with E-state index in [1.807, 2.05) is 37.3 Å². The number of amides is 1. The molecule has 0 spiro atoms. The molecule has 0 bridgehead atoms. The Kier molecular flexibility index (Phi) is 4.48. The molecule has 102 valence electrons. The fourth-order valence-corrected chi connectivity index (χ4v) is 1.96. The van der Waals surface area contributed by atoms with Gasteiger partial charge in [-0.05, 0) is 24.6 Å². The summed E-state index contributed by atoms with van der Waals surface area (Å²) < 4.78 is 2.33. The summed E-state index contributed by atoms with van der Waals surface area (Å²) >= 11 is 3.37. The van der Waals surface area contributed by atoms with Gasteiger partial charge in [-0.3, -0.25) is 4.79 Å². The van der Waals surface area contributed by atoms with Gasteiger partial charge in [0.15, 0.2) is 0 Å². The first kappa shape index (κ1) is 14.2. The van der Waals surface area contributed by atoms with Crippen molar-refractivity contribution in [2.45, 2.75) is 19.5 Å². The topological polar surface area (TPSA) is 83.6 Å². The van der Waals surface area contributed by atoms with Gasteiger partial charge in [0.2, 0.25) is 5.91 Å². The third-order valence-corrected chi connectivity index (χ3v) is 3.22. The van der Waals surface area contributed by atoms with Crippen LogP contribution in [0.25, 0.3) is 0 Å². The lowest BCUT2D eigenvalue weighted by molar-refractivity contribution is -0.122. The average Bonchev–Trinajstić information content (AvgIpc) is 2.86. The number of carbonyl (C=O) groups excluding carboxylic acids is 1. The van der Waals surface area contributed by atoms with E-state index in [2.05, 4.69) is 31.3 Å². The maximum absolute atomic E-state index is 11.9. The van der Waals surface area contributed by atoms with Crippen LogP contribution >= 0.6 is 15.9 Å². The van der Waals surface area contributed by atoms with Crippen LogP contribution in [0.3, 0.4) is 0 Å². The van der Waals surface area contributed by atoms with Gasteiger partial charge in [-0.25, -0.2) is 9.67 Å². The van der Waals surface area contributed by atoms with Gasteiger partial charge in [0.25, 0.3) is 5.82 Å². The largest absolute Gasteiger partial charge is 0.348 e. The number of nitrogens with one attached hydrogen (secondary N) is 1. The predicted octanol–water partition coefficient (Wildman–Crippen LogP) is 1.79. The number of hydrogen-bond donors (Lipinski definition) is 1. The standard InChI is InChI=1S/C13H12BrN5O/c1-9(10-2-4-11(14)5-3-10)17-13(20)7-19-8-16-12(6-15)18-19/h2-5,8-9H,7H2,1H3,(H,17,20)/t9-/m0/s1. The molecule has 2 rings (SSSR count). The lowest BCUT2D eigenvalue weighted by Gasteiger charge is -2.14. The van der Waals surface area contributed by atoms with Crippen molar-refractivity contribution < 1.29 is 4.79 Å². The van der Waals surface area contributed by atoms with Gasteiger partial charge in [0, 0.05) is 4.47 Å². The smallest absolute Gasteiger partial charge is 0.252 e. The lowest BCUT2D eigenvalue weighted by atomic mass is 10.1. The van der Waals surface area contributed by atoms with Gasteiger partial charge in [-0.2, -0.15) is 5.26 Å². The molecule has 1 N–H and O–H groups in total. The maximum Gasteiger partial charge on any atom is 0.252 e. The third kappa shape index (κ3) is 3.65. The molecule has 6 nitrogen and oxygen atoms in total. The van der Waals surface area contributed by atoms with E-state index in [0.29, 0.717) is 0 Å². The highest BCUT2D eigenvalue weighted by Crippen LogP contribution is 2.16. The molecule has 1 amide bonds. The van der Waals surface area contributed by atoms with Gasteiger partial charge >= 0.3 is 0 Å². The highest BCUT2D eigenvalue weighted by Gasteiger charge is 2.11. The number of aromatic nitrogens is 3. The Morgan fingerprint density at radius 2 is 2.20 bits per heavy atom. The van der Waals surface area contributed by atoms with Crippen LogP contribution in [0.4, 0.5) is 0 Å².